The van der Waals surface area contributed by atoms with E-state index in [1.807, 2.05) is 31.1 Å². The van der Waals surface area contributed by atoms with Crippen LogP contribution < -0.4 is 10.3 Å². The highest BCUT2D eigenvalue weighted by atomic mass is 35.5. The minimum absolute atomic E-state index is 0.0416. The van der Waals surface area contributed by atoms with Crippen molar-refractivity contribution in [2.75, 3.05) is 19.0 Å². The van der Waals surface area contributed by atoms with Crippen LogP contribution in [-0.4, -0.2) is 36.4 Å². The Morgan fingerprint density at radius 3 is 2.56 bits per heavy atom. The number of rotatable bonds is 7. The summed E-state index contributed by atoms with van der Waals surface area (Å²) in [6.07, 6.45) is 1.40. The highest BCUT2D eigenvalue weighted by Gasteiger charge is 2.14. The number of hydrazone groups is 1. The number of amides is 1. The zero-order chi connectivity index (χ0) is 20.0. The Bertz CT molecular complexity index is 856. The number of nitrogens with one attached hydrogen (secondary N) is 1. The number of nitrogens with zero attached hydrogens (tertiary/aromatic N) is 3. The third kappa shape index (κ3) is 5.97. The van der Waals surface area contributed by atoms with Crippen molar-refractivity contribution < 1.29 is 9.72 Å². The average Bonchev–Trinajstić information content (AvgIpc) is 2.63. The molecule has 0 radical (unpaired) electrons. The molecular formula is C18H19ClN4O3S. The predicted molar refractivity (Wildman–Crippen MR) is 110 cm³/mol. The molecule has 0 aliphatic carbocycles. The van der Waals surface area contributed by atoms with Gasteiger partial charge in [0.15, 0.2) is 0 Å². The summed E-state index contributed by atoms with van der Waals surface area (Å²) in [6.45, 7) is 1.77. The number of anilines is 1. The van der Waals surface area contributed by atoms with E-state index >= 15 is 0 Å². The van der Waals surface area contributed by atoms with Crippen molar-refractivity contribution >= 4 is 46.9 Å². The van der Waals surface area contributed by atoms with Crippen LogP contribution in [0.3, 0.4) is 0 Å². The van der Waals surface area contributed by atoms with Gasteiger partial charge in [-0.25, -0.2) is 5.43 Å². The highest BCUT2D eigenvalue weighted by molar-refractivity contribution is 8.00. The first-order valence-electron chi connectivity index (χ1n) is 7.99. The van der Waals surface area contributed by atoms with E-state index in [4.69, 9.17) is 11.6 Å². The summed E-state index contributed by atoms with van der Waals surface area (Å²) in [4.78, 5) is 25.4. The van der Waals surface area contributed by atoms with Crippen molar-refractivity contribution in [3.63, 3.8) is 0 Å². The van der Waals surface area contributed by atoms with Gasteiger partial charge < -0.3 is 4.90 Å². The second kappa shape index (κ2) is 9.38. The van der Waals surface area contributed by atoms with Crippen molar-refractivity contribution in [3.8, 4) is 0 Å². The molecule has 27 heavy (non-hydrogen) atoms. The zero-order valence-electron chi connectivity index (χ0n) is 15.0. The topological polar surface area (TPSA) is 87.8 Å². The molecule has 2 aromatic rings. The van der Waals surface area contributed by atoms with Crippen molar-refractivity contribution in [1.82, 2.24) is 5.43 Å². The van der Waals surface area contributed by atoms with Gasteiger partial charge >= 0.3 is 0 Å². The van der Waals surface area contributed by atoms with Gasteiger partial charge in [0.2, 0.25) is 0 Å². The van der Waals surface area contributed by atoms with Gasteiger partial charge in [-0.2, -0.15) is 5.10 Å². The molecule has 7 nitrogen and oxygen atoms in total. The lowest BCUT2D eigenvalue weighted by Gasteiger charge is -2.15. The zero-order valence-corrected chi connectivity index (χ0v) is 16.6. The molecule has 0 saturated heterocycles. The van der Waals surface area contributed by atoms with Gasteiger partial charge in [-0.05, 0) is 37.3 Å². The van der Waals surface area contributed by atoms with E-state index in [0.717, 1.165) is 10.6 Å². The van der Waals surface area contributed by atoms with Gasteiger partial charge in [-0.1, -0.05) is 11.6 Å². The van der Waals surface area contributed by atoms with Crippen molar-refractivity contribution in [1.29, 1.82) is 0 Å². The molecule has 0 unspecified atom stereocenters. The van der Waals surface area contributed by atoms with Gasteiger partial charge in [0, 0.05) is 47.4 Å². The first kappa shape index (κ1) is 20.7. The molecule has 1 atom stereocenters. The first-order valence-corrected chi connectivity index (χ1v) is 9.24. The number of nitro groups is 1. The number of carbonyl (C=O) groups excluding carboxylic acids is 1. The summed E-state index contributed by atoms with van der Waals surface area (Å²) >= 11 is 7.23. The molecule has 0 aliphatic heterocycles. The third-order valence-corrected chi connectivity index (χ3v) is 4.94. The molecule has 0 saturated carbocycles. The van der Waals surface area contributed by atoms with Crippen LogP contribution in [0, 0.1) is 10.1 Å². The van der Waals surface area contributed by atoms with Gasteiger partial charge in [0.05, 0.1) is 16.4 Å². The third-order valence-electron chi connectivity index (χ3n) is 3.58. The van der Waals surface area contributed by atoms with Gasteiger partial charge in [0.1, 0.15) is 0 Å². The van der Waals surface area contributed by atoms with E-state index in [9.17, 15) is 14.9 Å². The second-order valence-corrected chi connectivity index (χ2v) is 7.69. The molecule has 0 aliphatic rings. The van der Waals surface area contributed by atoms with Crippen LogP contribution in [0.1, 0.15) is 12.5 Å². The highest BCUT2D eigenvalue weighted by Crippen LogP contribution is 2.25. The molecule has 2 rings (SSSR count). The molecule has 0 fully saturated rings. The first-order chi connectivity index (χ1) is 12.8. The van der Waals surface area contributed by atoms with E-state index in [2.05, 4.69) is 10.5 Å². The number of non-ortho nitro benzene ring substituents is 1. The predicted octanol–water partition coefficient (Wildman–Crippen LogP) is 3.95. The van der Waals surface area contributed by atoms with Crippen LogP contribution in [0.25, 0.3) is 0 Å². The summed E-state index contributed by atoms with van der Waals surface area (Å²) in [5.74, 6) is -0.275. The number of carbonyl (C=O) groups is 1. The Balaban J connectivity index is 2.05. The Kier molecular flexibility index (Phi) is 7.20. The molecule has 9 heteroatoms. The SMILES string of the molecule is C[C@@H](Sc1ccc(Cl)cc1)C(=O)N/N=C\c1cc([N+](=O)[O-])ccc1N(C)C. The van der Waals surface area contributed by atoms with Gasteiger partial charge in [-0.3, -0.25) is 14.9 Å². The molecule has 1 amide bonds. The van der Waals surface area contributed by atoms with Crippen molar-refractivity contribution in [3.05, 3.63) is 63.2 Å². The van der Waals surface area contributed by atoms with Gasteiger partial charge in [0.25, 0.3) is 11.6 Å². The Labute approximate surface area is 166 Å². The molecule has 0 heterocycles. The maximum atomic E-state index is 12.2. The molecule has 2 aromatic carbocycles. The number of hydrogen-bond acceptors (Lipinski definition) is 6. The Morgan fingerprint density at radius 2 is 1.96 bits per heavy atom. The molecule has 0 bridgehead atoms. The van der Waals surface area contributed by atoms with E-state index in [1.165, 1.54) is 30.1 Å². The lowest BCUT2D eigenvalue weighted by atomic mass is 10.1. The quantitative estimate of drug-likeness (QED) is 0.325. The number of thioether (sulfide) groups is 1. The van der Waals surface area contributed by atoms with Crippen molar-refractivity contribution in [2.24, 2.45) is 5.10 Å². The summed E-state index contributed by atoms with van der Waals surface area (Å²) in [6, 6.07) is 11.7. The minimum Gasteiger partial charge on any atom is -0.377 e. The van der Waals surface area contributed by atoms with Crippen molar-refractivity contribution in [2.45, 2.75) is 17.1 Å². The van der Waals surface area contributed by atoms with Crippen LogP contribution >= 0.6 is 23.4 Å². The number of nitro benzene ring substituents is 1. The maximum Gasteiger partial charge on any atom is 0.270 e. The Morgan fingerprint density at radius 1 is 1.30 bits per heavy atom. The fourth-order valence-corrected chi connectivity index (χ4v) is 3.18. The normalized spacial score (nSPS) is 12.0. The van der Waals surface area contributed by atoms with Crippen LogP contribution in [-0.2, 0) is 4.79 Å². The second-order valence-electron chi connectivity index (χ2n) is 5.84. The van der Waals surface area contributed by atoms with E-state index in [1.54, 1.807) is 25.1 Å². The summed E-state index contributed by atoms with van der Waals surface area (Å²) < 4.78 is 0. The summed E-state index contributed by atoms with van der Waals surface area (Å²) in [5, 5.41) is 15.2. The molecule has 0 spiro atoms. The van der Waals surface area contributed by atoms with E-state index in [0.29, 0.717) is 10.6 Å². The fourth-order valence-electron chi connectivity index (χ4n) is 2.19. The molecular weight excluding hydrogens is 388 g/mol. The standard InChI is InChI=1S/C18H19ClN4O3S/c1-12(27-16-7-4-14(19)5-8-16)18(24)21-20-11-13-10-15(23(25)26)6-9-17(13)22(2)3/h4-12H,1-3H3,(H,21,24)/b20-11-/t12-/m1/s1. The number of hydrogen-bond donors (Lipinski definition) is 1. The lowest BCUT2D eigenvalue weighted by molar-refractivity contribution is -0.384. The number of benzene rings is 2. The van der Waals surface area contributed by atoms with Crippen LogP contribution in [0.2, 0.25) is 5.02 Å². The molecule has 142 valence electrons. The van der Waals surface area contributed by atoms with E-state index in [-0.39, 0.29) is 16.8 Å². The average molecular weight is 407 g/mol. The van der Waals surface area contributed by atoms with Crippen LogP contribution in [0.4, 0.5) is 11.4 Å². The Hall–Kier alpha value is -2.58. The minimum atomic E-state index is -0.472. The largest absolute Gasteiger partial charge is 0.377 e. The fraction of sp³-hybridized carbons (Fsp3) is 0.222. The van der Waals surface area contributed by atoms with Crippen LogP contribution in [0.15, 0.2) is 52.5 Å². The lowest BCUT2D eigenvalue weighted by Crippen LogP contribution is -2.26. The molecule has 1 N–H and O–H groups in total. The summed E-state index contributed by atoms with van der Waals surface area (Å²) in [5.41, 5.74) is 3.72. The van der Waals surface area contributed by atoms with Gasteiger partial charge in [-0.15, -0.1) is 11.8 Å². The van der Waals surface area contributed by atoms with Crippen LogP contribution in [0.5, 0.6) is 0 Å². The molecule has 0 aromatic heterocycles. The summed E-state index contributed by atoms with van der Waals surface area (Å²) in [7, 11) is 3.64. The smallest absolute Gasteiger partial charge is 0.270 e. The maximum absolute atomic E-state index is 12.2. The number of halogens is 1. The van der Waals surface area contributed by atoms with E-state index < -0.39 is 4.92 Å². The monoisotopic (exact) mass is 406 g/mol.